The molecule has 1 heterocycles. The molecule has 5 heteroatoms. The van der Waals surface area contributed by atoms with Crippen LogP contribution in [0.2, 0.25) is 0 Å². The van der Waals surface area contributed by atoms with Crippen molar-refractivity contribution in [2.75, 3.05) is 7.11 Å². The van der Waals surface area contributed by atoms with Gasteiger partial charge >= 0.3 is 0 Å². The lowest BCUT2D eigenvalue weighted by atomic mass is 9.88. The highest BCUT2D eigenvalue weighted by molar-refractivity contribution is 9.09. The van der Waals surface area contributed by atoms with Gasteiger partial charge in [0.05, 0.1) is 4.83 Å². The second kappa shape index (κ2) is 5.27. The lowest BCUT2D eigenvalue weighted by Crippen LogP contribution is -2.21. The summed E-state index contributed by atoms with van der Waals surface area (Å²) >= 11 is 3.48. The average molecular weight is 291 g/mol. The summed E-state index contributed by atoms with van der Waals surface area (Å²) in [7, 11) is 1.66. The maximum absolute atomic E-state index is 5.43. The Labute approximate surface area is 105 Å². The molecule has 2 atom stereocenters. The van der Waals surface area contributed by atoms with Gasteiger partial charge in [0.25, 0.3) is 0 Å². The zero-order valence-corrected chi connectivity index (χ0v) is 12.0. The first-order valence-corrected chi connectivity index (χ1v) is 6.32. The minimum Gasteiger partial charge on any atom is -0.373 e. The first-order chi connectivity index (χ1) is 7.40. The Balaban J connectivity index is 2.91. The second-order valence-corrected chi connectivity index (χ2v) is 5.95. The third-order valence-electron chi connectivity index (χ3n) is 2.34. The molecule has 92 valence electrons. The van der Waals surface area contributed by atoms with Crippen molar-refractivity contribution >= 4 is 15.9 Å². The molecule has 1 aromatic rings. The number of nitrogens with zero attached hydrogens (tertiary/aromatic N) is 2. The molecule has 0 fully saturated rings. The van der Waals surface area contributed by atoms with Gasteiger partial charge in [0.2, 0.25) is 11.7 Å². The van der Waals surface area contributed by atoms with Gasteiger partial charge in [-0.05, 0) is 11.8 Å². The van der Waals surface area contributed by atoms with E-state index in [-0.39, 0.29) is 16.3 Å². The highest BCUT2D eigenvalue weighted by atomic mass is 79.9. The number of halogens is 1. The molecule has 0 saturated heterocycles. The number of aromatic nitrogens is 2. The van der Waals surface area contributed by atoms with Gasteiger partial charge in [-0.3, -0.25) is 0 Å². The van der Waals surface area contributed by atoms with Crippen LogP contribution in [0, 0.1) is 5.41 Å². The normalized spacial score (nSPS) is 16.1. The van der Waals surface area contributed by atoms with Gasteiger partial charge in [0.1, 0.15) is 6.10 Å². The summed E-state index contributed by atoms with van der Waals surface area (Å²) < 4.78 is 10.6. The van der Waals surface area contributed by atoms with Crippen molar-refractivity contribution in [2.45, 2.75) is 45.0 Å². The smallest absolute Gasteiger partial charge is 0.240 e. The zero-order valence-electron chi connectivity index (χ0n) is 10.5. The van der Waals surface area contributed by atoms with Crippen LogP contribution in [0.3, 0.4) is 0 Å². The fourth-order valence-electron chi connectivity index (χ4n) is 1.50. The SMILES string of the molecule is CCC(Br)c1nc(C(OC)C(C)(C)C)no1. The number of ether oxygens (including phenoxy) is 1. The quantitative estimate of drug-likeness (QED) is 0.794. The summed E-state index contributed by atoms with van der Waals surface area (Å²) in [4.78, 5) is 4.49. The maximum atomic E-state index is 5.43. The standard InChI is InChI=1S/C11H19BrN2O2/c1-6-7(12)10-13-9(14-16-10)8(15-5)11(2,3)4/h7-8H,6H2,1-5H3. The molecule has 0 spiro atoms. The van der Waals surface area contributed by atoms with Gasteiger partial charge in [0, 0.05) is 7.11 Å². The second-order valence-electron chi connectivity index (χ2n) is 4.85. The Kier molecular flexibility index (Phi) is 4.50. The number of hydrogen-bond donors (Lipinski definition) is 0. The van der Waals surface area contributed by atoms with Crippen LogP contribution in [0.25, 0.3) is 0 Å². The highest BCUT2D eigenvalue weighted by Crippen LogP contribution is 2.35. The molecule has 1 aromatic heterocycles. The molecule has 0 aromatic carbocycles. The van der Waals surface area contributed by atoms with Crippen LogP contribution >= 0.6 is 15.9 Å². The van der Waals surface area contributed by atoms with Gasteiger partial charge in [-0.25, -0.2) is 0 Å². The molecule has 0 saturated carbocycles. The van der Waals surface area contributed by atoms with Crippen molar-refractivity contribution in [3.63, 3.8) is 0 Å². The number of rotatable bonds is 4. The maximum Gasteiger partial charge on any atom is 0.240 e. The van der Waals surface area contributed by atoms with Crippen molar-refractivity contribution in [2.24, 2.45) is 5.41 Å². The van der Waals surface area contributed by atoms with Crippen LogP contribution in [0.1, 0.15) is 56.8 Å². The third kappa shape index (κ3) is 3.04. The van der Waals surface area contributed by atoms with Crippen molar-refractivity contribution in [3.8, 4) is 0 Å². The van der Waals surface area contributed by atoms with Gasteiger partial charge in [-0.15, -0.1) is 0 Å². The minimum atomic E-state index is -0.151. The first-order valence-electron chi connectivity index (χ1n) is 5.40. The number of alkyl halides is 1. The molecule has 0 aliphatic heterocycles. The Morgan fingerprint density at radius 3 is 2.50 bits per heavy atom. The van der Waals surface area contributed by atoms with Crippen molar-refractivity contribution in [1.82, 2.24) is 10.1 Å². The summed E-state index contributed by atoms with van der Waals surface area (Å²) in [5.41, 5.74) is -0.0517. The Hall–Kier alpha value is -0.420. The molecule has 16 heavy (non-hydrogen) atoms. The van der Waals surface area contributed by atoms with Crippen LogP contribution in [0.15, 0.2) is 4.52 Å². The molecule has 0 amide bonds. The summed E-state index contributed by atoms with van der Waals surface area (Å²) in [6.07, 6.45) is 0.760. The summed E-state index contributed by atoms with van der Waals surface area (Å²) in [5.74, 6) is 1.23. The van der Waals surface area contributed by atoms with Gasteiger partial charge in [-0.2, -0.15) is 4.98 Å². The Bertz CT molecular complexity index is 333. The molecule has 4 nitrogen and oxygen atoms in total. The van der Waals surface area contributed by atoms with Crippen LogP contribution in [-0.4, -0.2) is 17.3 Å². The monoisotopic (exact) mass is 290 g/mol. The predicted octanol–water partition coefficient (Wildman–Crippen LogP) is 3.65. The minimum absolute atomic E-state index is 0.0517. The van der Waals surface area contributed by atoms with Crippen molar-refractivity contribution < 1.29 is 9.26 Å². The van der Waals surface area contributed by atoms with Crippen molar-refractivity contribution in [1.29, 1.82) is 0 Å². The summed E-state index contributed by atoms with van der Waals surface area (Å²) in [5, 5.41) is 3.98. The Morgan fingerprint density at radius 1 is 1.44 bits per heavy atom. The van der Waals surface area contributed by atoms with Crippen LogP contribution < -0.4 is 0 Å². The average Bonchev–Trinajstić information content (AvgIpc) is 2.64. The van der Waals surface area contributed by atoms with E-state index in [9.17, 15) is 0 Å². The summed E-state index contributed by atoms with van der Waals surface area (Å²) in [6, 6.07) is 0. The van der Waals surface area contributed by atoms with Crippen molar-refractivity contribution in [3.05, 3.63) is 11.7 Å². The van der Waals surface area contributed by atoms with E-state index in [2.05, 4.69) is 53.8 Å². The van der Waals surface area contributed by atoms with E-state index in [0.717, 1.165) is 6.42 Å². The lowest BCUT2D eigenvalue weighted by Gasteiger charge is -2.26. The summed E-state index contributed by atoms with van der Waals surface area (Å²) in [6.45, 7) is 8.31. The van der Waals surface area contributed by atoms with Gasteiger partial charge in [0.15, 0.2) is 0 Å². The fraction of sp³-hybridized carbons (Fsp3) is 0.818. The molecule has 0 radical (unpaired) electrons. The third-order valence-corrected chi connectivity index (χ3v) is 3.38. The van der Waals surface area contributed by atoms with E-state index in [1.807, 2.05) is 0 Å². The van der Waals surface area contributed by atoms with Crippen LogP contribution in [0.4, 0.5) is 0 Å². The Morgan fingerprint density at radius 2 is 2.06 bits per heavy atom. The van der Waals surface area contributed by atoms with E-state index in [0.29, 0.717) is 11.7 Å². The fourth-order valence-corrected chi connectivity index (χ4v) is 1.69. The molecular formula is C11H19BrN2O2. The van der Waals surface area contributed by atoms with E-state index in [1.54, 1.807) is 7.11 Å². The molecule has 1 rings (SSSR count). The highest BCUT2D eigenvalue weighted by Gasteiger charge is 2.31. The first kappa shape index (κ1) is 13.6. The largest absolute Gasteiger partial charge is 0.373 e. The lowest BCUT2D eigenvalue weighted by molar-refractivity contribution is 0.00718. The van der Waals surface area contributed by atoms with Gasteiger partial charge < -0.3 is 9.26 Å². The van der Waals surface area contributed by atoms with E-state index >= 15 is 0 Å². The van der Waals surface area contributed by atoms with E-state index in [1.165, 1.54) is 0 Å². The molecule has 0 N–H and O–H groups in total. The van der Waals surface area contributed by atoms with E-state index in [4.69, 9.17) is 9.26 Å². The molecule has 0 aliphatic rings. The predicted molar refractivity (Wildman–Crippen MR) is 65.5 cm³/mol. The number of methoxy groups -OCH3 is 1. The van der Waals surface area contributed by atoms with Crippen LogP contribution in [0.5, 0.6) is 0 Å². The van der Waals surface area contributed by atoms with Crippen LogP contribution in [-0.2, 0) is 4.74 Å². The zero-order chi connectivity index (χ0) is 12.3. The topological polar surface area (TPSA) is 48.2 Å². The van der Waals surface area contributed by atoms with E-state index < -0.39 is 0 Å². The molecular weight excluding hydrogens is 272 g/mol. The molecule has 2 unspecified atom stereocenters. The number of hydrogen-bond acceptors (Lipinski definition) is 4. The van der Waals surface area contributed by atoms with Gasteiger partial charge in [-0.1, -0.05) is 48.8 Å². The molecule has 0 aliphatic carbocycles. The molecule has 0 bridgehead atoms.